The van der Waals surface area contributed by atoms with E-state index in [1.54, 1.807) is 18.3 Å². The van der Waals surface area contributed by atoms with Gasteiger partial charge in [-0.15, -0.1) is 0 Å². The summed E-state index contributed by atoms with van der Waals surface area (Å²) in [5, 5.41) is 11.2. The summed E-state index contributed by atoms with van der Waals surface area (Å²) < 4.78 is 7.02. The molecule has 206 valence electrons. The van der Waals surface area contributed by atoms with Crippen LogP contribution in [0.3, 0.4) is 0 Å². The number of carbonyl (C=O) groups is 2. The van der Waals surface area contributed by atoms with Gasteiger partial charge in [-0.3, -0.25) is 9.59 Å². The van der Waals surface area contributed by atoms with Crippen molar-refractivity contribution in [1.29, 1.82) is 0 Å². The minimum Gasteiger partial charge on any atom is -0.480 e. The number of benzene rings is 2. The minimum atomic E-state index is -0.544. The second kappa shape index (κ2) is 10.5. The number of hydrogen-bond donors (Lipinski definition) is 3. The molecule has 0 spiro atoms. The summed E-state index contributed by atoms with van der Waals surface area (Å²) in [6.45, 7) is 9.48. The highest BCUT2D eigenvalue weighted by Crippen LogP contribution is 2.36. The van der Waals surface area contributed by atoms with E-state index in [4.69, 9.17) is 15.6 Å². The molecular weight excluding hydrogens is 504 g/mol. The summed E-state index contributed by atoms with van der Waals surface area (Å²) in [5.74, 6) is 0.0572. The molecule has 0 saturated heterocycles. The fourth-order valence-corrected chi connectivity index (χ4v) is 4.97. The molecule has 1 aliphatic heterocycles. The molecule has 9 nitrogen and oxygen atoms in total. The summed E-state index contributed by atoms with van der Waals surface area (Å²) >= 11 is 0. The standard InChI is InChI=1S/C31H34N6O3/c1-18-15-20(8-9-21(18)17-34-29(39)23-7-6-13-33-30(23)40-5)26-25(27(32)38)28-35-24-11-10-22(31(2,3)4)16-19(24)12-14-37(28)36-26/h6-11,13,15-16,35H,12,14,17H2,1-5H3,(H2,32,38)(H,34,39). The number of methoxy groups -OCH3 is 1. The number of primary amides is 1. The predicted molar refractivity (Wildman–Crippen MR) is 155 cm³/mol. The van der Waals surface area contributed by atoms with Crippen molar-refractivity contribution in [1.82, 2.24) is 20.1 Å². The molecule has 40 heavy (non-hydrogen) atoms. The number of nitrogens with two attached hydrogens (primary N) is 1. The van der Waals surface area contributed by atoms with E-state index in [1.807, 2.05) is 29.8 Å². The number of carbonyl (C=O) groups excluding carboxylic acids is 2. The Morgan fingerprint density at radius 1 is 1.15 bits per heavy atom. The average molecular weight is 539 g/mol. The second-order valence-corrected chi connectivity index (χ2v) is 11.0. The first-order valence-corrected chi connectivity index (χ1v) is 13.2. The number of aryl methyl sites for hydroxylation is 3. The van der Waals surface area contributed by atoms with Crippen LogP contribution in [-0.4, -0.2) is 33.7 Å². The lowest BCUT2D eigenvalue weighted by Gasteiger charge is -2.21. The van der Waals surface area contributed by atoms with Crippen LogP contribution in [0.5, 0.6) is 5.88 Å². The highest BCUT2D eigenvalue weighted by Gasteiger charge is 2.27. The van der Waals surface area contributed by atoms with E-state index in [9.17, 15) is 9.59 Å². The van der Waals surface area contributed by atoms with Gasteiger partial charge in [-0.1, -0.05) is 45.0 Å². The van der Waals surface area contributed by atoms with Gasteiger partial charge in [-0.05, 0) is 65.3 Å². The molecule has 2 amide bonds. The van der Waals surface area contributed by atoms with Crippen LogP contribution in [0.4, 0.5) is 11.5 Å². The number of anilines is 2. The molecule has 0 bridgehead atoms. The van der Waals surface area contributed by atoms with Crippen molar-refractivity contribution in [3.8, 4) is 17.1 Å². The number of rotatable bonds is 6. The molecule has 1 aliphatic rings. The van der Waals surface area contributed by atoms with E-state index in [0.29, 0.717) is 35.7 Å². The van der Waals surface area contributed by atoms with Crippen molar-refractivity contribution < 1.29 is 14.3 Å². The van der Waals surface area contributed by atoms with Gasteiger partial charge < -0.3 is 21.1 Å². The monoisotopic (exact) mass is 538 g/mol. The van der Waals surface area contributed by atoms with Crippen LogP contribution in [-0.2, 0) is 24.9 Å². The van der Waals surface area contributed by atoms with Crippen molar-refractivity contribution in [3.05, 3.63) is 88.1 Å². The predicted octanol–water partition coefficient (Wildman–Crippen LogP) is 4.89. The number of fused-ring (bicyclic) bond motifs is 2. The molecule has 0 radical (unpaired) electrons. The summed E-state index contributed by atoms with van der Waals surface area (Å²) in [6.07, 6.45) is 2.35. The Kier molecular flexibility index (Phi) is 7.06. The van der Waals surface area contributed by atoms with Crippen molar-refractivity contribution in [2.75, 3.05) is 12.4 Å². The summed E-state index contributed by atoms with van der Waals surface area (Å²) in [6, 6.07) is 15.6. The maximum Gasteiger partial charge on any atom is 0.257 e. The first-order valence-electron chi connectivity index (χ1n) is 13.2. The van der Waals surface area contributed by atoms with Gasteiger partial charge in [0, 0.05) is 30.5 Å². The number of amides is 2. The number of aromatic nitrogens is 3. The average Bonchev–Trinajstić information content (AvgIpc) is 3.19. The van der Waals surface area contributed by atoms with E-state index in [2.05, 4.69) is 54.6 Å². The Balaban J connectivity index is 1.41. The van der Waals surface area contributed by atoms with E-state index in [-0.39, 0.29) is 17.2 Å². The van der Waals surface area contributed by atoms with Gasteiger partial charge in [-0.2, -0.15) is 5.10 Å². The molecular formula is C31H34N6O3. The normalized spacial score (nSPS) is 12.5. The maximum absolute atomic E-state index is 12.7. The highest BCUT2D eigenvalue weighted by atomic mass is 16.5. The molecule has 2 aromatic carbocycles. The largest absolute Gasteiger partial charge is 0.480 e. The molecule has 4 aromatic rings. The fraction of sp³-hybridized carbons (Fsp3) is 0.290. The van der Waals surface area contributed by atoms with Crippen molar-refractivity contribution in [2.24, 2.45) is 5.73 Å². The number of hydrogen-bond acceptors (Lipinski definition) is 6. The lowest BCUT2D eigenvalue weighted by Crippen LogP contribution is -2.24. The van der Waals surface area contributed by atoms with Crippen molar-refractivity contribution in [3.63, 3.8) is 0 Å². The van der Waals surface area contributed by atoms with Gasteiger partial charge in [0.1, 0.15) is 22.6 Å². The third kappa shape index (κ3) is 5.14. The van der Waals surface area contributed by atoms with Crippen LogP contribution in [0, 0.1) is 6.92 Å². The molecule has 2 aromatic heterocycles. The molecule has 0 aliphatic carbocycles. The summed E-state index contributed by atoms with van der Waals surface area (Å²) in [5.41, 5.74) is 13.3. The highest BCUT2D eigenvalue weighted by molar-refractivity contribution is 6.04. The third-order valence-corrected chi connectivity index (χ3v) is 7.28. The number of pyridine rings is 1. The van der Waals surface area contributed by atoms with Crippen LogP contribution in [0.1, 0.15) is 63.7 Å². The fourth-order valence-electron chi connectivity index (χ4n) is 4.97. The van der Waals surface area contributed by atoms with Crippen molar-refractivity contribution >= 4 is 23.3 Å². The van der Waals surface area contributed by atoms with E-state index in [0.717, 1.165) is 28.8 Å². The van der Waals surface area contributed by atoms with E-state index < -0.39 is 5.91 Å². The Bertz CT molecular complexity index is 1620. The molecule has 4 N–H and O–H groups in total. The summed E-state index contributed by atoms with van der Waals surface area (Å²) in [4.78, 5) is 29.5. The van der Waals surface area contributed by atoms with E-state index >= 15 is 0 Å². The smallest absolute Gasteiger partial charge is 0.257 e. The Labute approximate surface area is 233 Å². The zero-order valence-corrected chi connectivity index (χ0v) is 23.5. The van der Waals surface area contributed by atoms with Gasteiger partial charge in [0.25, 0.3) is 11.8 Å². The van der Waals surface area contributed by atoms with Gasteiger partial charge >= 0.3 is 0 Å². The van der Waals surface area contributed by atoms with Gasteiger partial charge in [0.05, 0.1) is 7.11 Å². The third-order valence-electron chi connectivity index (χ3n) is 7.28. The second-order valence-electron chi connectivity index (χ2n) is 11.0. The van der Waals surface area contributed by atoms with E-state index in [1.165, 1.54) is 18.2 Å². The SMILES string of the molecule is COc1ncccc1C(=O)NCc1ccc(-c2nn3c(c2C(N)=O)Nc2ccc(C(C)(C)C)cc2CC3)cc1C. The van der Waals surface area contributed by atoms with Crippen LogP contribution in [0.2, 0.25) is 0 Å². The van der Waals surface area contributed by atoms with Gasteiger partial charge in [0.15, 0.2) is 0 Å². The zero-order chi connectivity index (χ0) is 28.6. The lowest BCUT2D eigenvalue weighted by molar-refractivity contribution is 0.0945. The topological polar surface area (TPSA) is 124 Å². The van der Waals surface area contributed by atoms with Gasteiger partial charge in [-0.25, -0.2) is 9.67 Å². The molecule has 0 fully saturated rings. The molecule has 3 heterocycles. The minimum absolute atomic E-state index is 0.0406. The van der Waals surface area contributed by atoms with Crippen LogP contribution < -0.4 is 21.1 Å². The molecule has 0 atom stereocenters. The molecule has 0 saturated carbocycles. The molecule has 5 rings (SSSR count). The van der Waals surface area contributed by atoms with Crippen LogP contribution >= 0.6 is 0 Å². The molecule has 0 unspecified atom stereocenters. The summed E-state index contributed by atoms with van der Waals surface area (Å²) in [7, 11) is 1.48. The lowest BCUT2D eigenvalue weighted by atomic mass is 9.85. The number of nitrogens with one attached hydrogen (secondary N) is 2. The Morgan fingerprint density at radius 3 is 2.65 bits per heavy atom. The Hall–Kier alpha value is -4.66. The van der Waals surface area contributed by atoms with Crippen LogP contribution in [0.25, 0.3) is 11.3 Å². The first kappa shape index (κ1) is 26.9. The zero-order valence-electron chi connectivity index (χ0n) is 23.5. The Morgan fingerprint density at radius 2 is 1.95 bits per heavy atom. The van der Waals surface area contributed by atoms with Gasteiger partial charge in [0.2, 0.25) is 5.88 Å². The number of nitrogens with zero attached hydrogens (tertiary/aromatic N) is 3. The molecule has 9 heteroatoms. The maximum atomic E-state index is 12.7. The van der Waals surface area contributed by atoms with Crippen LogP contribution in [0.15, 0.2) is 54.7 Å². The quantitative estimate of drug-likeness (QED) is 0.321. The number of ether oxygens (including phenoxy) is 1. The van der Waals surface area contributed by atoms with Crippen molar-refractivity contribution in [2.45, 2.75) is 52.6 Å². The first-order chi connectivity index (χ1) is 19.1.